The summed E-state index contributed by atoms with van der Waals surface area (Å²) in [6, 6.07) is 3.84. The van der Waals surface area contributed by atoms with E-state index in [2.05, 4.69) is 10.1 Å². The molecule has 1 fully saturated rings. The van der Waals surface area contributed by atoms with Gasteiger partial charge in [0.05, 0.1) is 11.9 Å². The Morgan fingerprint density at radius 1 is 1.17 bits per heavy atom. The Morgan fingerprint density at radius 2 is 1.96 bits per heavy atom. The van der Waals surface area contributed by atoms with E-state index in [-0.39, 0.29) is 0 Å². The molecule has 23 heavy (non-hydrogen) atoms. The summed E-state index contributed by atoms with van der Waals surface area (Å²) in [7, 11) is 0. The molecule has 3 aromatic rings. The molecule has 0 saturated heterocycles. The maximum absolute atomic E-state index is 14.0. The Hall–Kier alpha value is -1.86. The molecule has 120 valence electrons. The van der Waals surface area contributed by atoms with Gasteiger partial charge in [0.1, 0.15) is 16.6 Å². The molecular weight excluding hydrogens is 318 g/mol. The van der Waals surface area contributed by atoms with E-state index in [1.165, 1.54) is 23.5 Å². The summed E-state index contributed by atoms with van der Waals surface area (Å²) in [5, 5.41) is 5.65. The molecule has 1 aliphatic rings. The lowest BCUT2D eigenvalue weighted by Gasteiger charge is -2.23. The van der Waals surface area contributed by atoms with Crippen molar-refractivity contribution in [3.8, 4) is 11.3 Å². The van der Waals surface area contributed by atoms with Gasteiger partial charge >= 0.3 is 0 Å². The van der Waals surface area contributed by atoms with Crippen LogP contribution in [0, 0.1) is 11.6 Å². The third-order valence-electron chi connectivity index (χ3n) is 4.43. The molecule has 1 aliphatic carbocycles. The van der Waals surface area contributed by atoms with Gasteiger partial charge in [-0.15, -0.1) is 0 Å². The maximum Gasteiger partial charge on any atom is 0.212 e. The van der Waals surface area contributed by atoms with E-state index in [0.29, 0.717) is 23.2 Å². The average Bonchev–Trinajstić information content (AvgIpc) is 3.09. The summed E-state index contributed by atoms with van der Waals surface area (Å²) in [6.45, 7) is 0. The number of halogens is 2. The molecule has 0 radical (unpaired) electrons. The summed E-state index contributed by atoms with van der Waals surface area (Å²) in [6.07, 6.45) is 5.64. The number of rotatable bonds is 2. The fourth-order valence-electron chi connectivity index (χ4n) is 3.12. The van der Waals surface area contributed by atoms with Crippen molar-refractivity contribution in [1.82, 2.24) is 14.6 Å². The number of benzene rings is 1. The standard InChI is InChI=1S/C16H16F2N4S/c17-10-3-6-12(13(18)7-10)14-8-20-16-22(14)21-15(23-16)9-1-4-11(19)5-2-9/h3,6-9,11H,1-2,4-5,19H2. The number of hydrogen-bond donors (Lipinski definition) is 1. The lowest BCUT2D eigenvalue weighted by molar-refractivity contribution is 0.393. The number of hydrogen-bond acceptors (Lipinski definition) is 4. The van der Waals surface area contributed by atoms with Gasteiger partial charge in [0.25, 0.3) is 0 Å². The molecule has 2 aromatic heterocycles. The van der Waals surface area contributed by atoms with E-state index < -0.39 is 11.6 Å². The zero-order valence-corrected chi connectivity index (χ0v) is 13.2. The molecule has 2 N–H and O–H groups in total. The smallest absolute Gasteiger partial charge is 0.212 e. The molecule has 4 nitrogen and oxygen atoms in total. The van der Waals surface area contributed by atoms with Gasteiger partial charge in [-0.1, -0.05) is 11.3 Å². The quantitative estimate of drug-likeness (QED) is 0.777. The van der Waals surface area contributed by atoms with E-state index >= 15 is 0 Å². The van der Waals surface area contributed by atoms with Crippen molar-refractivity contribution in [2.75, 3.05) is 0 Å². The van der Waals surface area contributed by atoms with Gasteiger partial charge in [-0.25, -0.2) is 18.3 Å². The van der Waals surface area contributed by atoms with Crippen molar-refractivity contribution in [2.45, 2.75) is 37.6 Å². The van der Waals surface area contributed by atoms with Crippen LogP contribution in [0.5, 0.6) is 0 Å². The first-order chi connectivity index (χ1) is 11.1. The first kappa shape index (κ1) is 14.7. The third kappa shape index (κ3) is 2.64. The molecule has 1 aromatic carbocycles. The predicted octanol–water partition coefficient (Wildman–Crippen LogP) is 3.72. The van der Waals surface area contributed by atoms with Crippen molar-refractivity contribution < 1.29 is 8.78 Å². The minimum Gasteiger partial charge on any atom is -0.328 e. The summed E-state index contributed by atoms with van der Waals surface area (Å²) in [5.41, 5.74) is 6.81. The lowest BCUT2D eigenvalue weighted by atomic mass is 9.87. The van der Waals surface area contributed by atoms with E-state index in [4.69, 9.17) is 5.73 Å². The summed E-state index contributed by atoms with van der Waals surface area (Å²) < 4.78 is 28.8. The van der Waals surface area contributed by atoms with Gasteiger partial charge in [0.2, 0.25) is 4.96 Å². The summed E-state index contributed by atoms with van der Waals surface area (Å²) >= 11 is 1.53. The number of nitrogens with zero attached hydrogens (tertiary/aromatic N) is 3. The van der Waals surface area contributed by atoms with E-state index in [0.717, 1.165) is 41.7 Å². The van der Waals surface area contributed by atoms with E-state index in [1.807, 2.05) is 0 Å². The normalized spacial score (nSPS) is 21.9. The fourth-order valence-corrected chi connectivity index (χ4v) is 4.16. The van der Waals surface area contributed by atoms with E-state index in [1.54, 1.807) is 10.7 Å². The first-order valence-corrected chi connectivity index (χ1v) is 8.49. The molecule has 0 atom stereocenters. The van der Waals surface area contributed by atoms with Crippen LogP contribution in [0.4, 0.5) is 8.78 Å². The average molecular weight is 334 g/mol. The monoisotopic (exact) mass is 334 g/mol. The predicted molar refractivity (Wildman–Crippen MR) is 85.4 cm³/mol. The zero-order valence-electron chi connectivity index (χ0n) is 12.4. The molecule has 0 aliphatic heterocycles. The van der Waals surface area contributed by atoms with Crippen molar-refractivity contribution in [1.29, 1.82) is 0 Å². The van der Waals surface area contributed by atoms with Crippen LogP contribution in [0.25, 0.3) is 16.2 Å². The van der Waals surface area contributed by atoms with Crippen LogP contribution in [-0.4, -0.2) is 20.6 Å². The molecule has 0 bridgehead atoms. The van der Waals surface area contributed by atoms with Crippen molar-refractivity contribution >= 4 is 16.3 Å². The highest BCUT2D eigenvalue weighted by atomic mass is 32.1. The minimum absolute atomic E-state index is 0.291. The molecule has 7 heteroatoms. The Labute approximate surface area is 136 Å². The molecular formula is C16H16F2N4S. The topological polar surface area (TPSA) is 56.2 Å². The Kier molecular flexibility index (Phi) is 3.61. The van der Waals surface area contributed by atoms with Gasteiger partial charge in [-0.3, -0.25) is 0 Å². The maximum atomic E-state index is 14.0. The first-order valence-electron chi connectivity index (χ1n) is 7.67. The Balaban J connectivity index is 1.72. The number of fused-ring (bicyclic) bond motifs is 1. The van der Waals surface area contributed by atoms with Crippen LogP contribution < -0.4 is 5.73 Å². The van der Waals surface area contributed by atoms with Crippen LogP contribution in [0.2, 0.25) is 0 Å². The van der Waals surface area contributed by atoms with E-state index in [9.17, 15) is 8.78 Å². The molecule has 0 unspecified atom stereocenters. The van der Waals surface area contributed by atoms with Gasteiger partial charge in [-0.05, 0) is 37.8 Å². The highest BCUT2D eigenvalue weighted by molar-refractivity contribution is 7.16. The minimum atomic E-state index is -0.606. The van der Waals surface area contributed by atoms with Gasteiger partial charge in [0.15, 0.2) is 0 Å². The van der Waals surface area contributed by atoms with Crippen LogP contribution >= 0.6 is 11.3 Å². The fraction of sp³-hybridized carbons (Fsp3) is 0.375. The van der Waals surface area contributed by atoms with Crippen LogP contribution in [-0.2, 0) is 0 Å². The Morgan fingerprint density at radius 3 is 2.70 bits per heavy atom. The Bertz CT molecular complexity index is 849. The second-order valence-electron chi connectivity index (χ2n) is 6.01. The highest BCUT2D eigenvalue weighted by Crippen LogP contribution is 2.35. The second kappa shape index (κ2) is 5.65. The van der Waals surface area contributed by atoms with Gasteiger partial charge in [-0.2, -0.15) is 5.10 Å². The van der Waals surface area contributed by atoms with Crippen LogP contribution in [0.15, 0.2) is 24.4 Å². The number of nitrogens with two attached hydrogens (primary N) is 1. The second-order valence-corrected chi connectivity index (χ2v) is 7.00. The van der Waals surface area contributed by atoms with Gasteiger partial charge < -0.3 is 5.73 Å². The molecule has 1 saturated carbocycles. The summed E-state index contributed by atoms with van der Waals surface area (Å²) in [5.74, 6) is -0.804. The summed E-state index contributed by atoms with van der Waals surface area (Å²) in [4.78, 5) is 5.05. The molecule has 0 amide bonds. The zero-order chi connectivity index (χ0) is 16.0. The van der Waals surface area contributed by atoms with Crippen molar-refractivity contribution in [2.24, 2.45) is 5.73 Å². The number of imidazole rings is 1. The molecule has 4 rings (SSSR count). The van der Waals surface area contributed by atoms with Gasteiger partial charge in [0, 0.05) is 23.6 Å². The lowest BCUT2D eigenvalue weighted by Crippen LogP contribution is -2.25. The largest absolute Gasteiger partial charge is 0.328 e. The van der Waals surface area contributed by atoms with Crippen molar-refractivity contribution in [3.63, 3.8) is 0 Å². The van der Waals surface area contributed by atoms with Crippen LogP contribution in [0.3, 0.4) is 0 Å². The number of aromatic nitrogens is 3. The molecule has 0 spiro atoms. The molecule has 2 heterocycles. The highest BCUT2D eigenvalue weighted by Gasteiger charge is 2.24. The third-order valence-corrected chi connectivity index (χ3v) is 5.51. The van der Waals surface area contributed by atoms with Crippen LogP contribution in [0.1, 0.15) is 36.6 Å². The SMILES string of the molecule is NC1CCC(c2nn3c(-c4ccc(F)cc4F)cnc3s2)CC1. The van der Waals surface area contributed by atoms with Crippen molar-refractivity contribution in [3.05, 3.63) is 41.0 Å².